The fraction of sp³-hybridized carbons (Fsp3) is 0.0500. The molecule has 1 amide bonds. The van der Waals surface area contributed by atoms with Crippen LogP contribution < -0.4 is 14.4 Å². The van der Waals surface area contributed by atoms with E-state index in [1.165, 1.54) is 16.7 Å². The van der Waals surface area contributed by atoms with Crippen molar-refractivity contribution in [3.63, 3.8) is 0 Å². The summed E-state index contributed by atoms with van der Waals surface area (Å²) in [5.74, 6) is 1.14. The van der Waals surface area contributed by atoms with Crippen molar-refractivity contribution in [3.8, 4) is 11.5 Å². The number of anilines is 1. The molecule has 1 fully saturated rings. The predicted octanol–water partition coefficient (Wildman–Crippen LogP) is 4.37. The number of carbonyl (C=O) groups excluding carboxylic acids is 1. The maximum atomic E-state index is 13.0. The first-order valence-corrected chi connectivity index (χ1v) is 9.44. The van der Waals surface area contributed by atoms with Crippen LogP contribution in [-0.2, 0) is 4.79 Å². The van der Waals surface area contributed by atoms with Crippen LogP contribution in [0.4, 0.5) is 5.69 Å². The van der Waals surface area contributed by atoms with Gasteiger partial charge in [0.25, 0.3) is 5.91 Å². The van der Waals surface area contributed by atoms with Crippen LogP contribution in [-0.4, -0.2) is 22.0 Å². The molecule has 0 bridgehead atoms. The lowest BCUT2D eigenvalue weighted by Crippen LogP contribution is -2.27. The van der Waals surface area contributed by atoms with Crippen molar-refractivity contribution >= 4 is 56.9 Å². The van der Waals surface area contributed by atoms with Gasteiger partial charge in [0, 0.05) is 17.6 Å². The molecule has 1 saturated heterocycles. The number of para-hydroxylation sites is 1. The van der Waals surface area contributed by atoms with Gasteiger partial charge in [-0.1, -0.05) is 42.2 Å². The SMILES string of the molecule is O=C1C(=Cc2ccnc3ccccc23)SC(=S)N1c1ccc2c(c1)OCO2. The summed E-state index contributed by atoms with van der Waals surface area (Å²) >= 11 is 6.75. The summed E-state index contributed by atoms with van der Waals surface area (Å²) in [4.78, 5) is 19.5. The van der Waals surface area contributed by atoms with Crippen molar-refractivity contribution in [2.24, 2.45) is 0 Å². The molecule has 0 atom stereocenters. The van der Waals surface area contributed by atoms with Crippen LogP contribution in [0.15, 0.2) is 59.6 Å². The van der Waals surface area contributed by atoms with Crippen molar-refractivity contribution in [2.45, 2.75) is 0 Å². The number of aromatic nitrogens is 1. The molecular weight excluding hydrogens is 380 g/mol. The second-order valence-corrected chi connectivity index (χ2v) is 7.65. The molecule has 0 unspecified atom stereocenters. The normalized spacial score (nSPS) is 17.3. The van der Waals surface area contributed by atoms with Gasteiger partial charge in [0.15, 0.2) is 15.8 Å². The number of ether oxygens (including phenoxy) is 2. The number of nitrogens with zero attached hydrogens (tertiary/aromatic N) is 2. The summed E-state index contributed by atoms with van der Waals surface area (Å²) in [5.41, 5.74) is 2.49. The highest BCUT2D eigenvalue weighted by molar-refractivity contribution is 8.27. The minimum atomic E-state index is -0.148. The van der Waals surface area contributed by atoms with E-state index in [1.807, 2.05) is 42.5 Å². The molecule has 2 aliphatic heterocycles. The molecule has 0 spiro atoms. The molecule has 132 valence electrons. The van der Waals surface area contributed by atoms with Crippen molar-refractivity contribution in [1.82, 2.24) is 4.98 Å². The zero-order chi connectivity index (χ0) is 18.4. The average Bonchev–Trinajstić information content (AvgIpc) is 3.26. The fourth-order valence-corrected chi connectivity index (χ4v) is 4.39. The molecule has 0 saturated carbocycles. The second-order valence-electron chi connectivity index (χ2n) is 5.97. The van der Waals surface area contributed by atoms with Crippen molar-refractivity contribution in [3.05, 3.63) is 65.2 Å². The smallest absolute Gasteiger partial charge is 0.270 e. The van der Waals surface area contributed by atoms with E-state index < -0.39 is 0 Å². The highest BCUT2D eigenvalue weighted by Gasteiger charge is 2.34. The van der Waals surface area contributed by atoms with Crippen LogP contribution in [0, 0.1) is 0 Å². The molecule has 3 aromatic rings. The Kier molecular flexibility index (Phi) is 3.84. The van der Waals surface area contributed by atoms with Gasteiger partial charge in [-0.15, -0.1) is 0 Å². The Morgan fingerprint density at radius 1 is 1.11 bits per heavy atom. The third-order valence-electron chi connectivity index (χ3n) is 4.38. The standard InChI is InChI=1S/C20H12N2O3S2/c23-19-18(9-12-7-8-21-15-4-2-1-3-14(12)15)27-20(26)22(19)13-5-6-16-17(10-13)25-11-24-16/h1-10H,11H2. The third-order valence-corrected chi connectivity index (χ3v) is 5.68. The van der Waals surface area contributed by atoms with E-state index in [0.29, 0.717) is 26.4 Å². The minimum absolute atomic E-state index is 0.148. The van der Waals surface area contributed by atoms with Gasteiger partial charge in [-0.2, -0.15) is 0 Å². The number of amides is 1. The van der Waals surface area contributed by atoms with E-state index >= 15 is 0 Å². The van der Waals surface area contributed by atoms with Crippen LogP contribution in [0.1, 0.15) is 5.56 Å². The Hall–Kier alpha value is -2.90. The Labute approximate surface area is 164 Å². The topological polar surface area (TPSA) is 51.7 Å². The summed E-state index contributed by atoms with van der Waals surface area (Å²) in [6.07, 6.45) is 3.61. The lowest BCUT2D eigenvalue weighted by molar-refractivity contribution is -0.113. The zero-order valence-corrected chi connectivity index (χ0v) is 15.5. The van der Waals surface area contributed by atoms with Gasteiger partial charge in [-0.25, -0.2) is 0 Å². The number of hydrogen-bond acceptors (Lipinski definition) is 6. The van der Waals surface area contributed by atoms with Gasteiger partial charge >= 0.3 is 0 Å². The fourth-order valence-electron chi connectivity index (χ4n) is 3.10. The summed E-state index contributed by atoms with van der Waals surface area (Å²) in [5, 5.41) is 0.994. The molecule has 5 rings (SSSR count). The van der Waals surface area contributed by atoms with Crippen LogP contribution in [0.3, 0.4) is 0 Å². The van der Waals surface area contributed by atoms with Crippen LogP contribution in [0.2, 0.25) is 0 Å². The molecule has 5 nitrogen and oxygen atoms in total. The molecule has 1 aromatic heterocycles. The number of rotatable bonds is 2. The first-order valence-electron chi connectivity index (χ1n) is 8.22. The Morgan fingerprint density at radius 2 is 1.96 bits per heavy atom. The third kappa shape index (κ3) is 2.75. The van der Waals surface area contributed by atoms with Gasteiger partial charge in [0.1, 0.15) is 0 Å². The summed E-state index contributed by atoms with van der Waals surface area (Å²) in [6.45, 7) is 0.187. The Bertz CT molecular complexity index is 1140. The maximum absolute atomic E-state index is 13.0. The number of carbonyl (C=O) groups is 1. The zero-order valence-electron chi connectivity index (χ0n) is 13.9. The minimum Gasteiger partial charge on any atom is -0.454 e. The maximum Gasteiger partial charge on any atom is 0.270 e. The van der Waals surface area contributed by atoms with Gasteiger partial charge in [-0.05, 0) is 35.9 Å². The van der Waals surface area contributed by atoms with Gasteiger partial charge in [0.2, 0.25) is 6.79 Å². The molecule has 2 aliphatic rings. The summed E-state index contributed by atoms with van der Waals surface area (Å²) < 4.78 is 11.2. The van der Waals surface area contributed by atoms with Crippen LogP contribution in [0.25, 0.3) is 17.0 Å². The molecule has 2 aromatic carbocycles. The van der Waals surface area contributed by atoms with Gasteiger partial charge in [-0.3, -0.25) is 14.7 Å². The second kappa shape index (κ2) is 6.37. The van der Waals surface area contributed by atoms with Gasteiger partial charge < -0.3 is 9.47 Å². The molecular formula is C20H12N2O3S2. The van der Waals surface area contributed by atoms with Crippen molar-refractivity contribution in [2.75, 3.05) is 11.7 Å². The first kappa shape index (κ1) is 16.3. The number of fused-ring (bicyclic) bond motifs is 2. The molecule has 27 heavy (non-hydrogen) atoms. The van der Waals surface area contributed by atoms with Crippen molar-refractivity contribution < 1.29 is 14.3 Å². The van der Waals surface area contributed by atoms with E-state index in [9.17, 15) is 4.79 Å². The van der Waals surface area contributed by atoms with E-state index in [4.69, 9.17) is 21.7 Å². The Balaban J connectivity index is 1.53. The van der Waals surface area contributed by atoms with Crippen molar-refractivity contribution in [1.29, 1.82) is 0 Å². The monoisotopic (exact) mass is 392 g/mol. The molecule has 0 N–H and O–H groups in total. The molecule has 0 radical (unpaired) electrons. The number of pyridine rings is 1. The highest BCUT2D eigenvalue weighted by atomic mass is 32.2. The van der Waals surface area contributed by atoms with E-state index in [2.05, 4.69) is 4.98 Å². The highest BCUT2D eigenvalue weighted by Crippen LogP contribution is 2.41. The number of benzene rings is 2. The molecule has 0 aliphatic carbocycles. The Morgan fingerprint density at radius 3 is 2.89 bits per heavy atom. The van der Waals surface area contributed by atoms with Crippen LogP contribution >= 0.6 is 24.0 Å². The van der Waals surface area contributed by atoms with E-state index in [-0.39, 0.29) is 12.7 Å². The summed E-state index contributed by atoms with van der Waals surface area (Å²) in [6, 6.07) is 15.1. The predicted molar refractivity (Wildman–Crippen MR) is 110 cm³/mol. The molecule has 3 heterocycles. The lowest BCUT2D eigenvalue weighted by Gasteiger charge is -2.14. The number of hydrogen-bond donors (Lipinski definition) is 0. The average molecular weight is 392 g/mol. The number of thioether (sulfide) groups is 1. The molecule has 7 heteroatoms. The lowest BCUT2D eigenvalue weighted by atomic mass is 10.1. The summed E-state index contributed by atoms with van der Waals surface area (Å²) in [7, 11) is 0. The van der Waals surface area contributed by atoms with E-state index in [0.717, 1.165) is 16.5 Å². The quantitative estimate of drug-likeness (QED) is 0.477. The first-order chi connectivity index (χ1) is 13.2. The number of thiocarbonyl (C=S) groups is 1. The van der Waals surface area contributed by atoms with Crippen LogP contribution in [0.5, 0.6) is 11.5 Å². The van der Waals surface area contributed by atoms with E-state index in [1.54, 1.807) is 18.3 Å². The van der Waals surface area contributed by atoms with Gasteiger partial charge in [0.05, 0.1) is 16.1 Å². The largest absolute Gasteiger partial charge is 0.454 e.